The summed E-state index contributed by atoms with van der Waals surface area (Å²) >= 11 is 0. The molecule has 8 nitrogen and oxygen atoms in total. The number of nitrogens with zero attached hydrogens (tertiary/aromatic N) is 2. The van der Waals surface area contributed by atoms with E-state index >= 15 is 0 Å². The average Bonchev–Trinajstić information content (AvgIpc) is 2.95. The number of ether oxygens (including phenoxy) is 2. The molecule has 0 radical (unpaired) electrons. The van der Waals surface area contributed by atoms with Crippen LogP contribution in [0.1, 0.15) is 18.1 Å². The van der Waals surface area contributed by atoms with Crippen molar-refractivity contribution in [3.05, 3.63) is 75.5 Å². The summed E-state index contributed by atoms with van der Waals surface area (Å²) in [4.78, 5) is 37.3. The molecule has 26 heavy (non-hydrogen) atoms. The number of esters is 2. The van der Waals surface area contributed by atoms with E-state index < -0.39 is 16.9 Å². The molecule has 0 fully saturated rings. The first-order chi connectivity index (χ1) is 12.4. The van der Waals surface area contributed by atoms with Crippen LogP contribution >= 0.6 is 0 Å². The Morgan fingerprint density at radius 3 is 2.62 bits per heavy atom. The molecule has 1 aliphatic rings. The SMILES string of the molecule is CC(=O)Oc1cccc(/C=C2/N=C(c3ccc([N+](=O)[O-])cc3)OC2=O)c1. The van der Waals surface area contributed by atoms with Crippen LogP contribution in [0.15, 0.2) is 59.2 Å². The zero-order chi connectivity index (χ0) is 18.7. The number of nitro benzene ring substituents is 1. The van der Waals surface area contributed by atoms with Crippen LogP contribution in [-0.4, -0.2) is 22.8 Å². The molecular formula is C18H12N2O6. The summed E-state index contributed by atoms with van der Waals surface area (Å²) in [6, 6.07) is 12.1. The van der Waals surface area contributed by atoms with Crippen LogP contribution in [0.25, 0.3) is 6.08 Å². The Morgan fingerprint density at radius 2 is 1.96 bits per heavy atom. The Morgan fingerprint density at radius 1 is 1.23 bits per heavy atom. The summed E-state index contributed by atoms with van der Waals surface area (Å²) in [7, 11) is 0. The highest BCUT2D eigenvalue weighted by Gasteiger charge is 2.24. The average molecular weight is 352 g/mol. The first-order valence-corrected chi connectivity index (χ1v) is 7.48. The zero-order valence-corrected chi connectivity index (χ0v) is 13.5. The van der Waals surface area contributed by atoms with Gasteiger partial charge in [-0.05, 0) is 35.9 Å². The second-order valence-corrected chi connectivity index (χ2v) is 5.31. The molecule has 0 N–H and O–H groups in total. The fourth-order valence-corrected chi connectivity index (χ4v) is 2.25. The quantitative estimate of drug-likeness (QED) is 0.275. The maximum Gasteiger partial charge on any atom is 0.363 e. The molecule has 2 aromatic rings. The van der Waals surface area contributed by atoms with Gasteiger partial charge >= 0.3 is 11.9 Å². The topological polar surface area (TPSA) is 108 Å². The van der Waals surface area contributed by atoms with E-state index in [1.54, 1.807) is 24.3 Å². The molecule has 8 heteroatoms. The van der Waals surface area contributed by atoms with Crippen molar-refractivity contribution in [3.63, 3.8) is 0 Å². The van der Waals surface area contributed by atoms with E-state index in [4.69, 9.17) is 9.47 Å². The molecular weight excluding hydrogens is 340 g/mol. The lowest BCUT2D eigenvalue weighted by molar-refractivity contribution is -0.384. The molecule has 0 amide bonds. The summed E-state index contributed by atoms with van der Waals surface area (Å²) in [6.45, 7) is 1.29. The number of rotatable bonds is 4. The second-order valence-electron chi connectivity index (χ2n) is 5.31. The van der Waals surface area contributed by atoms with E-state index in [-0.39, 0.29) is 17.3 Å². The van der Waals surface area contributed by atoms with Crippen LogP contribution in [0.2, 0.25) is 0 Å². The van der Waals surface area contributed by atoms with E-state index in [0.717, 1.165) is 0 Å². The number of hydrogen-bond acceptors (Lipinski definition) is 7. The lowest BCUT2D eigenvalue weighted by atomic mass is 10.2. The third kappa shape index (κ3) is 3.81. The Kier molecular flexibility index (Phi) is 4.57. The number of carbonyl (C=O) groups excluding carboxylic acids is 2. The number of non-ortho nitro benzene ring substituents is 1. The normalized spacial score (nSPS) is 14.7. The maximum atomic E-state index is 12.0. The molecule has 1 aliphatic heterocycles. The molecule has 130 valence electrons. The number of nitro groups is 1. The van der Waals surface area contributed by atoms with Crippen molar-refractivity contribution in [2.45, 2.75) is 6.92 Å². The van der Waals surface area contributed by atoms with Crippen molar-refractivity contribution < 1.29 is 24.0 Å². The number of benzene rings is 2. The third-order valence-electron chi connectivity index (χ3n) is 3.37. The summed E-state index contributed by atoms with van der Waals surface area (Å²) in [5, 5.41) is 10.7. The van der Waals surface area contributed by atoms with Gasteiger partial charge in [0.15, 0.2) is 5.70 Å². The van der Waals surface area contributed by atoms with Gasteiger partial charge in [0.25, 0.3) is 5.69 Å². The van der Waals surface area contributed by atoms with Gasteiger partial charge < -0.3 is 9.47 Å². The lowest BCUT2D eigenvalue weighted by Crippen LogP contribution is -2.05. The van der Waals surface area contributed by atoms with E-state index in [0.29, 0.717) is 16.9 Å². The van der Waals surface area contributed by atoms with Crippen molar-refractivity contribution in [1.82, 2.24) is 0 Å². The highest BCUT2D eigenvalue weighted by atomic mass is 16.6. The van der Waals surface area contributed by atoms with Gasteiger partial charge in [0, 0.05) is 24.6 Å². The van der Waals surface area contributed by atoms with Gasteiger partial charge in [-0.3, -0.25) is 14.9 Å². The number of hydrogen-bond donors (Lipinski definition) is 0. The molecule has 0 atom stereocenters. The number of cyclic esters (lactones) is 1. The summed E-state index contributed by atoms with van der Waals surface area (Å²) in [5.74, 6) is -0.685. The van der Waals surface area contributed by atoms with Crippen molar-refractivity contribution in [1.29, 1.82) is 0 Å². The first-order valence-electron chi connectivity index (χ1n) is 7.48. The van der Waals surface area contributed by atoms with E-state index in [1.165, 1.54) is 37.3 Å². The molecule has 0 saturated carbocycles. The highest BCUT2D eigenvalue weighted by molar-refractivity contribution is 6.12. The summed E-state index contributed by atoms with van der Waals surface area (Å²) in [5.41, 5.74) is 1.04. The monoisotopic (exact) mass is 352 g/mol. The minimum Gasteiger partial charge on any atom is -0.427 e. The molecule has 0 aromatic heterocycles. The van der Waals surface area contributed by atoms with Crippen LogP contribution in [0.4, 0.5) is 5.69 Å². The Balaban J connectivity index is 1.86. The van der Waals surface area contributed by atoms with Crippen molar-refractivity contribution in [3.8, 4) is 5.75 Å². The Bertz CT molecular complexity index is 960. The predicted molar refractivity (Wildman–Crippen MR) is 91.5 cm³/mol. The fraction of sp³-hybridized carbons (Fsp3) is 0.0556. The number of carbonyl (C=O) groups is 2. The first kappa shape index (κ1) is 17.0. The number of aliphatic imine (C=N–C) groups is 1. The van der Waals surface area contributed by atoms with Gasteiger partial charge in [-0.2, -0.15) is 0 Å². The molecule has 1 heterocycles. The summed E-state index contributed by atoms with van der Waals surface area (Å²) in [6.07, 6.45) is 1.49. The molecule has 0 unspecified atom stereocenters. The molecule has 2 aromatic carbocycles. The van der Waals surface area contributed by atoms with Crippen LogP contribution < -0.4 is 4.74 Å². The van der Waals surface area contributed by atoms with Crippen LogP contribution in [0, 0.1) is 10.1 Å². The minimum absolute atomic E-state index is 0.0623. The van der Waals surface area contributed by atoms with Crippen molar-refractivity contribution in [2.24, 2.45) is 4.99 Å². The maximum absolute atomic E-state index is 12.0. The van der Waals surface area contributed by atoms with E-state index in [9.17, 15) is 19.7 Å². The van der Waals surface area contributed by atoms with Crippen LogP contribution in [0.3, 0.4) is 0 Å². The standard InChI is InChI=1S/C18H12N2O6/c1-11(21)25-15-4-2-3-12(9-15)10-16-18(22)26-17(19-16)13-5-7-14(8-6-13)20(23)24/h2-10H,1H3/b16-10+. The Labute approximate surface area is 147 Å². The van der Waals surface area contributed by atoms with Crippen molar-refractivity contribution >= 4 is 29.6 Å². The highest BCUT2D eigenvalue weighted by Crippen LogP contribution is 2.22. The minimum atomic E-state index is -0.642. The van der Waals surface area contributed by atoms with Gasteiger partial charge in [-0.1, -0.05) is 12.1 Å². The van der Waals surface area contributed by atoms with Crippen molar-refractivity contribution in [2.75, 3.05) is 0 Å². The predicted octanol–water partition coefficient (Wildman–Crippen LogP) is 2.86. The third-order valence-corrected chi connectivity index (χ3v) is 3.37. The van der Waals surface area contributed by atoms with Crippen LogP contribution in [0.5, 0.6) is 5.75 Å². The molecule has 3 rings (SSSR count). The van der Waals surface area contributed by atoms with Gasteiger partial charge in [-0.15, -0.1) is 0 Å². The second kappa shape index (κ2) is 6.98. The van der Waals surface area contributed by atoms with E-state index in [1.807, 2.05) is 0 Å². The van der Waals surface area contributed by atoms with Crippen LogP contribution in [-0.2, 0) is 14.3 Å². The van der Waals surface area contributed by atoms with Gasteiger partial charge in [-0.25, -0.2) is 9.79 Å². The van der Waals surface area contributed by atoms with Gasteiger partial charge in [0.2, 0.25) is 5.90 Å². The van der Waals surface area contributed by atoms with E-state index in [2.05, 4.69) is 4.99 Å². The molecule has 0 saturated heterocycles. The van der Waals surface area contributed by atoms with Gasteiger partial charge in [0.05, 0.1) is 4.92 Å². The largest absolute Gasteiger partial charge is 0.427 e. The lowest BCUT2D eigenvalue weighted by Gasteiger charge is -2.01. The summed E-state index contributed by atoms with van der Waals surface area (Å²) < 4.78 is 10.1. The zero-order valence-electron chi connectivity index (χ0n) is 13.5. The Hall–Kier alpha value is -3.81. The smallest absolute Gasteiger partial charge is 0.363 e. The van der Waals surface area contributed by atoms with Gasteiger partial charge in [0.1, 0.15) is 5.75 Å². The molecule has 0 spiro atoms. The molecule has 0 aliphatic carbocycles. The fourth-order valence-electron chi connectivity index (χ4n) is 2.25. The molecule has 0 bridgehead atoms.